The second-order valence-electron chi connectivity index (χ2n) is 7.05. The maximum Gasteiger partial charge on any atom is 0.179 e. The Labute approximate surface area is 159 Å². The summed E-state index contributed by atoms with van der Waals surface area (Å²) in [5.74, 6) is 0. The van der Waals surface area contributed by atoms with Crippen molar-refractivity contribution in [1.29, 1.82) is 0 Å². The third kappa shape index (κ3) is 3.27. The molecule has 0 bridgehead atoms. The second kappa shape index (κ2) is 7.02. The molecule has 1 atom stereocenters. The van der Waals surface area contributed by atoms with E-state index in [9.17, 15) is 0 Å². The fourth-order valence-corrected chi connectivity index (χ4v) is 3.56. The topological polar surface area (TPSA) is 95.8 Å². The van der Waals surface area contributed by atoms with Crippen LogP contribution < -0.4 is 21.7 Å². The van der Waals surface area contributed by atoms with Gasteiger partial charge in [-0.1, -0.05) is 6.07 Å². The Hall–Kier alpha value is -2.90. The molecule has 1 aromatic heterocycles. The van der Waals surface area contributed by atoms with Crippen molar-refractivity contribution in [3.8, 4) is 11.1 Å². The van der Waals surface area contributed by atoms with Gasteiger partial charge >= 0.3 is 0 Å². The first-order valence-electron chi connectivity index (χ1n) is 9.11. The lowest BCUT2D eigenvalue weighted by molar-refractivity contribution is 0.312. The van der Waals surface area contributed by atoms with E-state index in [4.69, 9.17) is 11.5 Å². The highest BCUT2D eigenvalue weighted by molar-refractivity contribution is 5.72. The van der Waals surface area contributed by atoms with Crippen LogP contribution >= 0.6 is 0 Å². The zero-order valence-electron chi connectivity index (χ0n) is 15.5. The first-order valence-corrected chi connectivity index (χ1v) is 9.11. The number of hydrogen-bond donors (Lipinski definition) is 3. The van der Waals surface area contributed by atoms with E-state index < -0.39 is 5.66 Å². The highest BCUT2D eigenvalue weighted by Gasteiger charge is 2.35. The monoisotopic (exact) mass is 363 g/mol. The molecule has 2 aliphatic rings. The summed E-state index contributed by atoms with van der Waals surface area (Å²) >= 11 is 0. The Morgan fingerprint density at radius 1 is 1.04 bits per heavy atom. The SMILES string of the molecule is CN1CCN(c2ccc(-c3ccncc3)cc2C2(N)N=CNC=C2N)CC1. The molecule has 0 saturated carbocycles. The minimum Gasteiger partial charge on any atom is -0.397 e. The van der Waals surface area contributed by atoms with Crippen molar-refractivity contribution in [2.24, 2.45) is 16.5 Å². The van der Waals surface area contributed by atoms with Crippen LogP contribution in [0.2, 0.25) is 0 Å². The van der Waals surface area contributed by atoms with Crippen LogP contribution in [0.5, 0.6) is 0 Å². The Bertz CT molecular complexity index is 869. The number of aliphatic imine (C=N–C) groups is 1. The van der Waals surface area contributed by atoms with Gasteiger partial charge in [0.2, 0.25) is 0 Å². The van der Waals surface area contributed by atoms with Gasteiger partial charge < -0.3 is 20.9 Å². The summed E-state index contributed by atoms with van der Waals surface area (Å²) in [7, 11) is 2.15. The molecule has 7 nitrogen and oxygen atoms in total. The number of nitrogens with one attached hydrogen (secondary N) is 1. The fourth-order valence-electron chi connectivity index (χ4n) is 3.56. The van der Waals surface area contributed by atoms with Crippen LogP contribution in [-0.2, 0) is 5.66 Å². The summed E-state index contributed by atoms with van der Waals surface area (Å²) in [5.41, 5.74) is 16.5. The Kier molecular flexibility index (Phi) is 4.55. The van der Waals surface area contributed by atoms with Crippen molar-refractivity contribution >= 4 is 12.0 Å². The Morgan fingerprint density at radius 3 is 2.48 bits per heavy atom. The van der Waals surface area contributed by atoms with Gasteiger partial charge in [-0.25, -0.2) is 4.99 Å². The van der Waals surface area contributed by atoms with Crippen LogP contribution in [0.4, 0.5) is 5.69 Å². The molecular weight excluding hydrogens is 338 g/mol. The number of likely N-dealkylation sites (N-methyl/N-ethyl adjacent to an activating group) is 1. The quantitative estimate of drug-likeness (QED) is 0.754. The number of pyridine rings is 1. The van der Waals surface area contributed by atoms with E-state index >= 15 is 0 Å². The van der Waals surface area contributed by atoms with E-state index in [2.05, 4.69) is 50.3 Å². The molecule has 0 spiro atoms. The molecule has 1 fully saturated rings. The molecule has 3 heterocycles. The lowest BCUT2D eigenvalue weighted by atomic mass is 9.91. The molecule has 2 aromatic rings. The molecule has 1 saturated heterocycles. The van der Waals surface area contributed by atoms with E-state index in [0.29, 0.717) is 5.70 Å². The lowest BCUT2D eigenvalue weighted by Gasteiger charge is -2.38. The summed E-state index contributed by atoms with van der Waals surface area (Å²) in [6, 6.07) is 10.3. The van der Waals surface area contributed by atoms with Gasteiger partial charge in [-0.3, -0.25) is 10.7 Å². The number of anilines is 1. The van der Waals surface area contributed by atoms with Gasteiger partial charge in [-0.15, -0.1) is 0 Å². The molecular formula is C20H25N7. The smallest absolute Gasteiger partial charge is 0.179 e. The molecule has 1 unspecified atom stereocenters. The molecule has 4 rings (SSSR count). The number of rotatable bonds is 3. The van der Waals surface area contributed by atoms with E-state index in [0.717, 1.165) is 48.6 Å². The molecule has 0 aliphatic carbocycles. The molecule has 140 valence electrons. The molecule has 27 heavy (non-hydrogen) atoms. The number of nitrogens with zero attached hydrogens (tertiary/aromatic N) is 4. The minimum absolute atomic E-state index is 0.493. The van der Waals surface area contributed by atoms with Crippen molar-refractivity contribution in [2.75, 3.05) is 38.1 Å². The number of nitrogens with two attached hydrogens (primary N) is 2. The lowest BCUT2D eigenvalue weighted by Crippen LogP contribution is -2.48. The van der Waals surface area contributed by atoms with Crippen LogP contribution in [0.1, 0.15) is 5.56 Å². The molecule has 0 radical (unpaired) electrons. The number of benzene rings is 1. The number of aromatic nitrogens is 1. The van der Waals surface area contributed by atoms with Crippen molar-refractivity contribution in [1.82, 2.24) is 15.2 Å². The maximum atomic E-state index is 6.73. The third-order valence-electron chi connectivity index (χ3n) is 5.29. The second-order valence-corrected chi connectivity index (χ2v) is 7.05. The summed E-state index contributed by atoms with van der Waals surface area (Å²) in [4.78, 5) is 13.3. The van der Waals surface area contributed by atoms with Crippen molar-refractivity contribution in [2.45, 2.75) is 5.66 Å². The molecule has 5 N–H and O–H groups in total. The summed E-state index contributed by atoms with van der Waals surface area (Å²) in [5, 5.41) is 2.92. The van der Waals surface area contributed by atoms with Gasteiger partial charge in [0.1, 0.15) is 0 Å². The summed E-state index contributed by atoms with van der Waals surface area (Å²) in [6.45, 7) is 3.91. The first kappa shape index (κ1) is 17.5. The van der Waals surface area contributed by atoms with Gasteiger partial charge in [0.05, 0.1) is 12.0 Å². The van der Waals surface area contributed by atoms with Gasteiger partial charge in [0, 0.05) is 56.0 Å². The van der Waals surface area contributed by atoms with E-state index in [1.54, 1.807) is 24.9 Å². The number of piperazine rings is 1. The molecule has 7 heteroatoms. The van der Waals surface area contributed by atoms with E-state index in [1.165, 1.54) is 0 Å². The minimum atomic E-state index is -1.09. The maximum absolute atomic E-state index is 6.73. The van der Waals surface area contributed by atoms with Gasteiger partial charge in [0.25, 0.3) is 0 Å². The van der Waals surface area contributed by atoms with E-state index in [-0.39, 0.29) is 0 Å². The van der Waals surface area contributed by atoms with E-state index in [1.807, 2.05) is 12.1 Å². The number of hydrogen-bond acceptors (Lipinski definition) is 7. The normalized spacial score (nSPS) is 23.0. The molecule has 1 aromatic carbocycles. The Morgan fingerprint density at radius 2 is 1.78 bits per heavy atom. The third-order valence-corrected chi connectivity index (χ3v) is 5.29. The van der Waals surface area contributed by atoms with Gasteiger partial charge in [-0.05, 0) is 42.4 Å². The van der Waals surface area contributed by atoms with Crippen molar-refractivity contribution in [3.63, 3.8) is 0 Å². The van der Waals surface area contributed by atoms with Gasteiger partial charge in [0.15, 0.2) is 5.66 Å². The zero-order chi connectivity index (χ0) is 18.9. The van der Waals surface area contributed by atoms with Crippen LogP contribution in [0.25, 0.3) is 11.1 Å². The largest absolute Gasteiger partial charge is 0.397 e. The van der Waals surface area contributed by atoms with Crippen LogP contribution in [0, 0.1) is 0 Å². The fraction of sp³-hybridized carbons (Fsp3) is 0.300. The van der Waals surface area contributed by atoms with Gasteiger partial charge in [-0.2, -0.15) is 0 Å². The molecule has 0 amide bonds. The van der Waals surface area contributed by atoms with Crippen molar-refractivity contribution < 1.29 is 0 Å². The van der Waals surface area contributed by atoms with Crippen LogP contribution in [0.15, 0.2) is 59.6 Å². The van der Waals surface area contributed by atoms with Crippen molar-refractivity contribution in [3.05, 3.63) is 60.2 Å². The van der Waals surface area contributed by atoms with Crippen LogP contribution in [-0.4, -0.2) is 49.4 Å². The zero-order valence-corrected chi connectivity index (χ0v) is 15.5. The molecule has 2 aliphatic heterocycles. The predicted octanol–water partition coefficient (Wildman–Crippen LogP) is 1.04. The highest BCUT2D eigenvalue weighted by atomic mass is 15.3. The predicted molar refractivity (Wildman–Crippen MR) is 109 cm³/mol. The first-order chi connectivity index (χ1) is 13.1. The summed E-state index contributed by atoms with van der Waals surface area (Å²) < 4.78 is 0. The summed E-state index contributed by atoms with van der Waals surface area (Å²) in [6.07, 6.45) is 6.89. The Balaban J connectivity index is 1.83. The average Bonchev–Trinajstić information content (AvgIpc) is 2.71. The van der Waals surface area contributed by atoms with Crippen LogP contribution in [0.3, 0.4) is 0 Å². The average molecular weight is 363 g/mol. The highest BCUT2D eigenvalue weighted by Crippen LogP contribution is 2.37. The standard InChI is InChI=1S/C20H25N7/c1-26-8-10-27(11-9-26)18-3-2-16(15-4-6-23-7-5-15)12-17(18)20(22)19(21)13-24-14-25-20/h2-7,12-14H,8-11,21-22H2,1H3,(H,24,25).